The van der Waals surface area contributed by atoms with E-state index >= 15 is 0 Å². The fourth-order valence-electron chi connectivity index (χ4n) is 1.91. The Labute approximate surface area is 136 Å². The van der Waals surface area contributed by atoms with Gasteiger partial charge in [0.1, 0.15) is 6.54 Å². The minimum atomic E-state index is -1.22. The van der Waals surface area contributed by atoms with Crippen LogP contribution in [0.15, 0.2) is 31.9 Å². The lowest BCUT2D eigenvalue weighted by Gasteiger charge is -2.03. The van der Waals surface area contributed by atoms with Gasteiger partial charge in [-0.2, -0.15) is 0 Å². The van der Waals surface area contributed by atoms with E-state index < -0.39 is 24.2 Å². The number of halogens is 1. The van der Waals surface area contributed by atoms with E-state index in [-0.39, 0.29) is 11.3 Å². The maximum Gasteiger partial charge on any atom is 0.322 e. The number of carbonyl (C=O) groups is 2. The van der Waals surface area contributed by atoms with Gasteiger partial charge < -0.3 is 24.5 Å². The lowest BCUT2D eigenvalue weighted by molar-refractivity contribution is -0.135. The topological polar surface area (TPSA) is 139 Å². The fraction of sp³-hybridized carbons (Fsp3) is 0.0769. The van der Waals surface area contributed by atoms with Gasteiger partial charge in [0.15, 0.2) is 27.6 Å². The first kappa shape index (κ1) is 15.0. The van der Waals surface area contributed by atoms with Crippen LogP contribution in [-0.4, -0.2) is 38.8 Å². The van der Waals surface area contributed by atoms with Gasteiger partial charge >= 0.3 is 5.97 Å². The Hall–Kier alpha value is -2.88. The summed E-state index contributed by atoms with van der Waals surface area (Å²) >= 11 is 3.16. The first-order valence-corrected chi connectivity index (χ1v) is 6.99. The zero-order chi connectivity index (χ0) is 16.6. The van der Waals surface area contributed by atoms with Crippen LogP contribution in [0.5, 0.6) is 5.75 Å². The summed E-state index contributed by atoms with van der Waals surface area (Å²) in [5.74, 6) is -2.20. The van der Waals surface area contributed by atoms with E-state index in [1.807, 2.05) is 0 Å². The zero-order valence-corrected chi connectivity index (χ0v) is 12.8. The van der Waals surface area contributed by atoms with Gasteiger partial charge in [-0.3, -0.25) is 9.59 Å². The van der Waals surface area contributed by atoms with E-state index in [0.717, 1.165) is 0 Å². The standard InChI is InChI=1S/C13H8BrN3O6/c14-7-2-1-6(22-7)9-5-3-15-10(11(20)12(5)23-17-9)13(21)16-4-8(18)19/h1-3,20H,4H2,(H,16,21)(H,18,19). The molecule has 3 N–H and O–H groups in total. The van der Waals surface area contributed by atoms with Crippen molar-refractivity contribution in [2.45, 2.75) is 0 Å². The summed E-state index contributed by atoms with van der Waals surface area (Å²) in [4.78, 5) is 26.1. The molecule has 0 fully saturated rings. The number of nitrogens with zero attached hydrogens (tertiary/aromatic N) is 2. The maximum absolute atomic E-state index is 11.8. The van der Waals surface area contributed by atoms with Crippen molar-refractivity contribution < 1.29 is 28.7 Å². The molecule has 0 spiro atoms. The van der Waals surface area contributed by atoms with Crippen molar-refractivity contribution in [3.63, 3.8) is 0 Å². The molecule has 3 aromatic heterocycles. The number of carbonyl (C=O) groups excluding carboxylic acids is 1. The molecule has 0 bridgehead atoms. The number of furan rings is 1. The van der Waals surface area contributed by atoms with Crippen LogP contribution >= 0.6 is 15.9 Å². The van der Waals surface area contributed by atoms with Gasteiger partial charge in [0.25, 0.3) is 5.91 Å². The average Bonchev–Trinajstić information content (AvgIpc) is 3.11. The predicted molar refractivity (Wildman–Crippen MR) is 78.8 cm³/mol. The number of hydrogen-bond acceptors (Lipinski definition) is 7. The molecule has 0 saturated heterocycles. The summed E-state index contributed by atoms with van der Waals surface area (Å²) in [6.07, 6.45) is 1.28. The number of amides is 1. The third kappa shape index (κ3) is 2.75. The van der Waals surface area contributed by atoms with Gasteiger partial charge in [0.2, 0.25) is 5.58 Å². The largest absolute Gasteiger partial charge is 0.503 e. The van der Waals surface area contributed by atoms with E-state index in [1.165, 1.54) is 6.20 Å². The minimum absolute atomic E-state index is 0.0528. The third-order valence-electron chi connectivity index (χ3n) is 2.91. The van der Waals surface area contributed by atoms with Crippen molar-refractivity contribution in [2.75, 3.05) is 6.54 Å². The summed E-state index contributed by atoms with van der Waals surface area (Å²) in [7, 11) is 0. The van der Waals surface area contributed by atoms with E-state index in [4.69, 9.17) is 14.0 Å². The highest BCUT2D eigenvalue weighted by molar-refractivity contribution is 9.10. The van der Waals surface area contributed by atoms with Crippen LogP contribution in [0.4, 0.5) is 0 Å². The first-order valence-electron chi connectivity index (χ1n) is 6.20. The summed E-state index contributed by atoms with van der Waals surface area (Å²) < 4.78 is 10.9. The molecular formula is C13H8BrN3O6. The average molecular weight is 382 g/mol. The van der Waals surface area contributed by atoms with Gasteiger partial charge in [-0.1, -0.05) is 5.16 Å². The van der Waals surface area contributed by atoms with E-state index in [9.17, 15) is 14.7 Å². The molecule has 9 nitrogen and oxygen atoms in total. The smallest absolute Gasteiger partial charge is 0.322 e. The molecule has 0 saturated carbocycles. The highest BCUT2D eigenvalue weighted by Crippen LogP contribution is 2.35. The Kier molecular flexibility index (Phi) is 3.74. The number of fused-ring (bicyclic) bond motifs is 1. The molecular weight excluding hydrogens is 374 g/mol. The highest BCUT2D eigenvalue weighted by atomic mass is 79.9. The number of nitrogens with one attached hydrogen (secondary N) is 1. The number of rotatable bonds is 4. The number of aromatic nitrogens is 2. The fourth-order valence-corrected chi connectivity index (χ4v) is 2.22. The maximum atomic E-state index is 11.8. The second-order valence-electron chi connectivity index (χ2n) is 4.41. The molecule has 23 heavy (non-hydrogen) atoms. The number of carboxylic acid groups (broad SMARTS) is 1. The molecule has 3 heterocycles. The lowest BCUT2D eigenvalue weighted by atomic mass is 10.2. The lowest BCUT2D eigenvalue weighted by Crippen LogP contribution is -2.29. The van der Waals surface area contributed by atoms with E-state index in [1.54, 1.807) is 12.1 Å². The van der Waals surface area contributed by atoms with Crippen molar-refractivity contribution in [3.8, 4) is 17.2 Å². The third-order valence-corrected chi connectivity index (χ3v) is 3.34. The molecule has 3 aromatic rings. The highest BCUT2D eigenvalue weighted by Gasteiger charge is 2.23. The van der Waals surface area contributed by atoms with Crippen LogP contribution in [0.2, 0.25) is 0 Å². The Morgan fingerprint density at radius 2 is 2.13 bits per heavy atom. The van der Waals surface area contributed by atoms with E-state index in [2.05, 4.69) is 31.4 Å². The number of aliphatic carboxylic acids is 1. The molecule has 0 radical (unpaired) electrons. The van der Waals surface area contributed by atoms with Crippen molar-refractivity contribution in [3.05, 3.63) is 28.7 Å². The SMILES string of the molecule is O=C(O)CNC(=O)c1ncc2c(-c3ccc(Br)o3)noc2c1O. The van der Waals surface area contributed by atoms with Crippen molar-refractivity contribution in [2.24, 2.45) is 0 Å². The van der Waals surface area contributed by atoms with Crippen LogP contribution in [0, 0.1) is 0 Å². The molecule has 0 aromatic carbocycles. The summed E-state index contributed by atoms with van der Waals surface area (Å²) in [6, 6.07) is 3.31. The van der Waals surface area contributed by atoms with Crippen molar-refractivity contribution >= 4 is 38.8 Å². The molecule has 0 aliphatic heterocycles. The second-order valence-corrected chi connectivity index (χ2v) is 5.19. The quantitative estimate of drug-likeness (QED) is 0.621. The van der Waals surface area contributed by atoms with Crippen LogP contribution in [-0.2, 0) is 4.79 Å². The Balaban J connectivity index is 2.01. The summed E-state index contributed by atoms with van der Waals surface area (Å²) in [5.41, 5.74) is -0.101. The summed E-state index contributed by atoms with van der Waals surface area (Å²) in [5, 5.41) is 24.9. The molecule has 0 aliphatic carbocycles. The molecule has 0 atom stereocenters. The van der Waals surface area contributed by atoms with Gasteiger partial charge in [0.05, 0.1) is 5.39 Å². The first-order chi connectivity index (χ1) is 11.0. The molecule has 118 valence electrons. The zero-order valence-electron chi connectivity index (χ0n) is 11.2. The molecule has 0 aliphatic rings. The second kappa shape index (κ2) is 5.72. The monoisotopic (exact) mass is 381 g/mol. The van der Waals surface area contributed by atoms with E-state index in [0.29, 0.717) is 21.5 Å². The van der Waals surface area contributed by atoms with Crippen LogP contribution in [0.25, 0.3) is 22.4 Å². The number of pyridine rings is 1. The Morgan fingerprint density at radius 1 is 1.35 bits per heavy atom. The van der Waals surface area contributed by atoms with Crippen LogP contribution < -0.4 is 5.32 Å². The van der Waals surface area contributed by atoms with Crippen molar-refractivity contribution in [1.29, 1.82) is 0 Å². The van der Waals surface area contributed by atoms with Crippen LogP contribution in [0.3, 0.4) is 0 Å². The van der Waals surface area contributed by atoms with Gasteiger partial charge in [0, 0.05) is 6.20 Å². The van der Waals surface area contributed by atoms with Crippen LogP contribution in [0.1, 0.15) is 10.5 Å². The molecule has 1 amide bonds. The Morgan fingerprint density at radius 3 is 2.78 bits per heavy atom. The normalized spacial score (nSPS) is 10.8. The van der Waals surface area contributed by atoms with Gasteiger partial charge in [-0.25, -0.2) is 4.98 Å². The molecule has 3 rings (SSSR count). The minimum Gasteiger partial charge on any atom is -0.503 e. The van der Waals surface area contributed by atoms with Gasteiger partial charge in [-0.15, -0.1) is 0 Å². The number of hydrogen-bond donors (Lipinski definition) is 3. The Bertz CT molecular complexity index is 916. The summed E-state index contributed by atoms with van der Waals surface area (Å²) in [6.45, 7) is -0.597. The predicted octanol–water partition coefficient (Wildman–Crippen LogP) is 1.77. The molecule has 10 heteroatoms. The molecule has 0 unspecified atom stereocenters. The van der Waals surface area contributed by atoms with Gasteiger partial charge in [-0.05, 0) is 28.1 Å². The number of carboxylic acids is 1. The number of aromatic hydroxyl groups is 1. The van der Waals surface area contributed by atoms with Crippen molar-refractivity contribution in [1.82, 2.24) is 15.5 Å².